The van der Waals surface area contributed by atoms with Gasteiger partial charge < -0.3 is 13.9 Å². The van der Waals surface area contributed by atoms with Crippen LogP contribution in [0.3, 0.4) is 0 Å². The molecule has 0 N–H and O–H groups in total. The van der Waals surface area contributed by atoms with Crippen molar-refractivity contribution in [2.75, 3.05) is 4.90 Å². The van der Waals surface area contributed by atoms with E-state index in [4.69, 9.17) is 4.42 Å². The Balaban J connectivity index is 1.37. The van der Waals surface area contributed by atoms with Crippen molar-refractivity contribution in [1.29, 1.82) is 0 Å². The van der Waals surface area contributed by atoms with E-state index in [1.165, 1.54) is 55.4 Å². The summed E-state index contributed by atoms with van der Waals surface area (Å²) in [6.45, 7) is 0. The minimum atomic E-state index is 0.901. The molecule has 45 heavy (non-hydrogen) atoms. The fourth-order valence-corrected chi connectivity index (χ4v) is 7.44. The van der Waals surface area contributed by atoms with Gasteiger partial charge in [0.05, 0.1) is 22.4 Å². The Bertz CT molecular complexity index is 2610. The molecular weight excluding hydrogens is 548 g/mol. The van der Waals surface area contributed by atoms with Crippen molar-refractivity contribution in [3.05, 3.63) is 158 Å². The summed E-state index contributed by atoms with van der Waals surface area (Å²) in [5.41, 5.74) is 13.7. The van der Waals surface area contributed by atoms with E-state index in [1.807, 2.05) is 12.1 Å². The quantitative estimate of drug-likeness (QED) is 0.205. The zero-order valence-electron chi connectivity index (χ0n) is 24.3. The Hall–Kier alpha value is -6.06. The highest BCUT2D eigenvalue weighted by Crippen LogP contribution is 2.54. The van der Waals surface area contributed by atoms with Gasteiger partial charge in [-0.05, 0) is 65.7 Å². The second kappa shape index (κ2) is 9.22. The van der Waals surface area contributed by atoms with E-state index in [-0.39, 0.29) is 0 Å². The third-order valence-electron chi connectivity index (χ3n) is 9.32. The van der Waals surface area contributed by atoms with Crippen LogP contribution in [0, 0.1) is 0 Å². The Morgan fingerprint density at radius 1 is 0.400 bits per heavy atom. The molecule has 0 atom stereocenters. The largest absolute Gasteiger partial charge is 0.456 e. The van der Waals surface area contributed by atoms with E-state index in [2.05, 4.69) is 155 Å². The summed E-state index contributed by atoms with van der Waals surface area (Å²) < 4.78 is 8.62. The molecule has 9 aromatic rings. The van der Waals surface area contributed by atoms with Crippen LogP contribution >= 0.6 is 0 Å². The van der Waals surface area contributed by atoms with E-state index < -0.39 is 0 Å². The highest BCUT2D eigenvalue weighted by molar-refractivity contribution is 6.21. The zero-order chi connectivity index (χ0) is 29.5. The first kappa shape index (κ1) is 24.4. The van der Waals surface area contributed by atoms with Crippen molar-refractivity contribution < 1.29 is 4.42 Å². The number of rotatable bonds is 2. The standard InChI is InChI=1S/C42H26N2O/c1-2-12-27(13-3-1)44-36-19-9-6-16-31(36)29-14-4-5-15-30(29)33-23-24-38-41(42(33)44)34-18-7-10-20-37(34)43(38)28-22-25-40-35(26-28)32-17-8-11-21-39(32)45-40/h1-26H. The van der Waals surface area contributed by atoms with Crippen molar-refractivity contribution in [1.82, 2.24) is 4.57 Å². The number of benzene rings is 7. The van der Waals surface area contributed by atoms with Crippen LogP contribution in [0.4, 0.5) is 17.1 Å². The third-order valence-corrected chi connectivity index (χ3v) is 9.32. The fourth-order valence-electron chi connectivity index (χ4n) is 7.44. The van der Waals surface area contributed by atoms with Crippen molar-refractivity contribution in [3.8, 4) is 27.9 Å². The molecule has 210 valence electrons. The van der Waals surface area contributed by atoms with E-state index in [0.29, 0.717) is 0 Å². The molecule has 1 aliphatic heterocycles. The molecule has 0 bridgehead atoms. The van der Waals surface area contributed by atoms with Gasteiger partial charge in [0.15, 0.2) is 0 Å². The van der Waals surface area contributed by atoms with Crippen LogP contribution in [0.15, 0.2) is 162 Å². The first-order valence-electron chi connectivity index (χ1n) is 15.4. The smallest absolute Gasteiger partial charge is 0.135 e. The molecule has 7 aromatic carbocycles. The summed E-state index contributed by atoms with van der Waals surface area (Å²) in [6.07, 6.45) is 0. The van der Waals surface area contributed by atoms with Gasteiger partial charge in [0.2, 0.25) is 0 Å². The van der Waals surface area contributed by atoms with E-state index in [1.54, 1.807) is 0 Å². The first-order valence-corrected chi connectivity index (χ1v) is 15.4. The van der Waals surface area contributed by atoms with Gasteiger partial charge in [-0.2, -0.15) is 0 Å². The van der Waals surface area contributed by atoms with Crippen LogP contribution in [-0.2, 0) is 0 Å². The Morgan fingerprint density at radius 2 is 1.07 bits per heavy atom. The molecule has 0 spiro atoms. The van der Waals surface area contributed by atoms with Gasteiger partial charge in [-0.25, -0.2) is 0 Å². The Kier molecular flexibility index (Phi) is 5.00. The van der Waals surface area contributed by atoms with Crippen LogP contribution in [0.5, 0.6) is 0 Å². The van der Waals surface area contributed by atoms with Crippen LogP contribution in [-0.4, -0.2) is 4.57 Å². The molecular formula is C42H26N2O. The molecule has 3 heteroatoms. The summed E-state index contributed by atoms with van der Waals surface area (Å²) in [6, 6.07) is 56.7. The average molecular weight is 575 g/mol. The number of hydrogen-bond acceptors (Lipinski definition) is 2. The second-order valence-corrected chi connectivity index (χ2v) is 11.7. The van der Waals surface area contributed by atoms with Crippen molar-refractivity contribution >= 4 is 60.8 Å². The predicted molar refractivity (Wildman–Crippen MR) is 187 cm³/mol. The fraction of sp³-hybridized carbons (Fsp3) is 0. The summed E-state index contributed by atoms with van der Waals surface area (Å²) in [4.78, 5) is 2.47. The highest BCUT2D eigenvalue weighted by atomic mass is 16.3. The summed E-state index contributed by atoms with van der Waals surface area (Å²) in [5, 5.41) is 4.71. The van der Waals surface area contributed by atoms with E-state index in [0.717, 1.165) is 33.3 Å². The number of nitrogens with zero attached hydrogens (tertiary/aromatic N) is 2. The van der Waals surface area contributed by atoms with Crippen molar-refractivity contribution in [2.45, 2.75) is 0 Å². The zero-order valence-corrected chi connectivity index (χ0v) is 24.3. The number of furan rings is 1. The molecule has 0 radical (unpaired) electrons. The molecule has 2 aromatic heterocycles. The highest BCUT2D eigenvalue weighted by Gasteiger charge is 2.29. The maximum absolute atomic E-state index is 6.20. The van der Waals surface area contributed by atoms with Crippen LogP contribution in [0.2, 0.25) is 0 Å². The SMILES string of the molecule is c1ccc(N2c3ccccc3-c3ccccc3-c3ccc4c(c32)c2ccccc2n4-c2ccc3oc4ccccc4c3c2)cc1. The Morgan fingerprint density at radius 3 is 1.93 bits per heavy atom. The monoisotopic (exact) mass is 574 g/mol. The average Bonchev–Trinajstić information content (AvgIpc) is 3.61. The lowest BCUT2D eigenvalue weighted by molar-refractivity contribution is 0.669. The minimum Gasteiger partial charge on any atom is -0.456 e. The molecule has 1 aliphatic rings. The van der Waals surface area contributed by atoms with Gasteiger partial charge in [0.1, 0.15) is 11.2 Å². The lowest BCUT2D eigenvalue weighted by atomic mass is 9.93. The number of aromatic nitrogens is 1. The minimum absolute atomic E-state index is 0.901. The molecule has 3 nitrogen and oxygen atoms in total. The van der Waals surface area contributed by atoms with Gasteiger partial charge >= 0.3 is 0 Å². The predicted octanol–water partition coefficient (Wildman–Crippen LogP) is 11.8. The molecule has 0 unspecified atom stereocenters. The molecule has 10 rings (SSSR count). The number of hydrogen-bond donors (Lipinski definition) is 0. The lowest BCUT2D eigenvalue weighted by Crippen LogP contribution is -2.11. The van der Waals surface area contributed by atoms with Gasteiger partial charge in [-0.15, -0.1) is 0 Å². The van der Waals surface area contributed by atoms with Gasteiger partial charge in [0.25, 0.3) is 0 Å². The lowest BCUT2D eigenvalue weighted by Gasteiger charge is -2.28. The van der Waals surface area contributed by atoms with Crippen LogP contribution in [0.1, 0.15) is 0 Å². The van der Waals surface area contributed by atoms with Crippen LogP contribution in [0.25, 0.3) is 71.7 Å². The third kappa shape index (κ3) is 3.41. The molecule has 0 aliphatic carbocycles. The van der Waals surface area contributed by atoms with Gasteiger partial charge in [0, 0.05) is 44.0 Å². The summed E-state index contributed by atoms with van der Waals surface area (Å²) in [7, 11) is 0. The summed E-state index contributed by atoms with van der Waals surface area (Å²) >= 11 is 0. The maximum atomic E-state index is 6.20. The van der Waals surface area contributed by atoms with Gasteiger partial charge in [-0.3, -0.25) is 0 Å². The summed E-state index contributed by atoms with van der Waals surface area (Å²) in [5.74, 6) is 0. The van der Waals surface area contributed by atoms with Crippen LogP contribution < -0.4 is 4.90 Å². The topological polar surface area (TPSA) is 21.3 Å². The Labute approximate surface area is 259 Å². The normalized spacial score (nSPS) is 12.4. The second-order valence-electron chi connectivity index (χ2n) is 11.7. The molecule has 0 saturated heterocycles. The van der Waals surface area contributed by atoms with E-state index in [9.17, 15) is 0 Å². The maximum Gasteiger partial charge on any atom is 0.135 e. The van der Waals surface area contributed by atoms with Crippen molar-refractivity contribution in [2.24, 2.45) is 0 Å². The van der Waals surface area contributed by atoms with Crippen molar-refractivity contribution in [3.63, 3.8) is 0 Å². The molecule has 3 heterocycles. The molecule has 0 fully saturated rings. The van der Waals surface area contributed by atoms with Gasteiger partial charge in [-0.1, -0.05) is 103 Å². The number of fused-ring (bicyclic) bond motifs is 12. The first-order chi connectivity index (χ1) is 22.3. The number of anilines is 3. The number of para-hydroxylation sites is 4. The molecule has 0 amide bonds. The molecule has 0 saturated carbocycles. The van der Waals surface area contributed by atoms with E-state index >= 15 is 0 Å².